The third-order valence-corrected chi connectivity index (χ3v) is 4.95. The van der Waals surface area contributed by atoms with Gasteiger partial charge >= 0.3 is 0 Å². The standard InChI is InChI=1S/C21H16BrFN2O/c22-15-8-11-21(26)18(12-15)19-13-20(14-6-9-16(23)10-7-14)25(24-19)17-4-2-1-3-5-17/h1-12,20,26H,13H2/t20-/m1/s1. The number of aromatic hydroxyl groups is 1. The zero-order valence-electron chi connectivity index (χ0n) is 13.8. The van der Waals surface area contributed by atoms with Gasteiger partial charge in [0.15, 0.2) is 0 Å². The lowest BCUT2D eigenvalue weighted by atomic mass is 9.97. The molecule has 3 aromatic carbocycles. The first-order chi connectivity index (χ1) is 12.6. The van der Waals surface area contributed by atoms with E-state index in [1.165, 1.54) is 12.1 Å². The Hall–Kier alpha value is -2.66. The Morgan fingerprint density at radius 1 is 1.00 bits per heavy atom. The van der Waals surface area contributed by atoms with Crippen LogP contribution in [0.1, 0.15) is 23.6 Å². The maximum Gasteiger partial charge on any atom is 0.124 e. The van der Waals surface area contributed by atoms with Crippen LogP contribution in [0.2, 0.25) is 0 Å². The first-order valence-electron chi connectivity index (χ1n) is 8.28. The quantitative estimate of drug-likeness (QED) is 0.605. The minimum atomic E-state index is -0.260. The zero-order chi connectivity index (χ0) is 18.1. The molecule has 1 N–H and O–H groups in total. The first kappa shape index (κ1) is 16.8. The average Bonchev–Trinajstić information content (AvgIpc) is 3.10. The lowest BCUT2D eigenvalue weighted by Gasteiger charge is -2.23. The van der Waals surface area contributed by atoms with Gasteiger partial charge in [-0.15, -0.1) is 0 Å². The molecule has 4 rings (SSSR count). The molecule has 0 radical (unpaired) electrons. The Balaban J connectivity index is 1.78. The number of rotatable bonds is 3. The highest BCUT2D eigenvalue weighted by Crippen LogP contribution is 2.38. The van der Waals surface area contributed by atoms with E-state index in [4.69, 9.17) is 5.10 Å². The van der Waals surface area contributed by atoms with Crippen LogP contribution < -0.4 is 5.01 Å². The number of anilines is 1. The predicted octanol–water partition coefficient (Wildman–Crippen LogP) is 5.65. The molecule has 0 unspecified atom stereocenters. The van der Waals surface area contributed by atoms with Crippen molar-refractivity contribution < 1.29 is 9.50 Å². The molecule has 0 bridgehead atoms. The number of hydrogen-bond donors (Lipinski definition) is 1. The molecule has 0 saturated heterocycles. The number of phenols is 1. The van der Waals surface area contributed by atoms with Crippen molar-refractivity contribution in [2.75, 3.05) is 5.01 Å². The topological polar surface area (TPSA) is 35.8 Å². The highest BCUT2D eigenvalue weighted by Gasteiger charge is 2.31. The molecule has 1 atom stereocenters. The van der Waals surface area contributed by atoms with E-state index in [1.807, 2.05) is 41.4 Å². The van der Waals surface area contributed by atoms with Gasteiger partial charge in [0.25, 0.3) is 0 Å². The van der Waals surface area contributed by atoms with Gasteiger partial charge in [-0.2, -0.15) is 5.10 Å². The molecule has 26 heavy (non-hydrogen) atoms. The first-order valence-corrected chi connectivity index (χ1v) is 9.07. The molecule has 0 aromatic heterocycles. The van der Waals surface area contributed by atoms with Gasteiger partial charge < -0.3 is 5.11 Å². The normalized spacial score (nSPS) is 16.6. The van der Waals surface area contributed by atoms with Crippen LogP contribution >= 0.6 is 15.9 Å². The minimum absolute atomic E-state index is 0.0635. The fourth-order valence-corrected chi connectivity index (χ4v) is 3.54. The van der Waals surface area contributed by atoms with Crippen molar-refractivity contribution in [3.05, 3.63) is 94.2 Å². The second kappa shape index (κ2) is 6.92. The number of nitrogens with zero attached hydrogens (tertiary/aromatic N) is 2. The van der Waals surface area contributed by atoms with E-state index >= 15 is 0 Å². The van der Waals surface area contributed by atoms with Gasteiger partial charge in [-0.05, 0) is 48.0 Å². The van der Waals surface area contributed by atoms with Gasteiger partial charge in [0.2, 0.25) is 0 Å². The van der Waals surface area contributed by atoms with Crippen molar-refractivity contribution in [3.63, 3.8) is 0 Å². The maximum absolute atomic E-state index is 13.4. The lowest BCUT2D eigenvalue weighted by Crippen LogP contribution is -2.18. The van der Waals surface area contributed by atoms with Crippen LogP contribution in [0.5, 0.6) is 5.75 Å². The number of para-hydroxylation sites is 1. The summed E-state index contributed by atoms with van der Waals surface area (Å²) in [5.74, 6) is -0.0662. The molecule has 130 valence electrons. The Morgan fingerprint density at radius 2 is 1.73 bits per heavy atom. The van der Waals surface area contributed by atoms with Gasteiger partial charge in [0.1, 0.15) is 11.6 Å². The fourth-order valence-electron chi connectivity index (χ4n) is 3.18. The van der Waals surface area contributed by atoms with Crippen LogP contribution in [-0.4, -0.2) is 10.8 Å². The van der Waals surface area contributed by atoms with Crippen LogP contribution in [0.4, 0.5) is 10.1 Å². The molecular formula is C21H16BrFN2O. The molecule has 3 aromatic rings. The minimum Gasteiger partial charge on any atom is -0.507 e. The molecule has 0 amide bonds. The van der Waals surface area contributed by atoms with E-state index < -0.39 is 0 Å². The van der Waals surface area contributed by atoms with E-state index in [1.54, 1.807) is 24.3 Å². The summed E-state index contributed by atoms with van der Waals surface area (Å²) < 4.78 is 14.2. The molecule has 3 nitrogen and oxygen atoms in total. The third kappa shape index (κ3) is 3.22. The molecule has 1 aliphatic heterocycles. The number of hydrogen-bond acceptors (Lipinski definition) is 3. The summed E-state index contributed by atoms with van der Waals surface area (Å²) in [6, 6.07) is 21.6. The SMILES string of the molecule is Oc1ccc(Br)cc1C1=NN(c2ccccc2)[C@@H](c2ccc(F)cc2)C1. The van der Waals surface area contributed by atoms with Crippen molar-refractivity contribution in [2.45, 2.75) is 12.5 Å². The Kier molecular flexibility index (Phi) is 4.47. The predicted molar refractivity (Wildman–Crippen MR) is 105 cm³/mol. The lowest BCUT2D eigenvalue weighted by molar-refractivity contribution is 0.474. The van der Waals surface area contributed by atoms with Gasteiger partial charge in [0, 0.05) is 16.5 Å². The van der Waals surface area contributed by atoms with E-state index in [-0.39, 0.29) is 17.6 Å². The van der Waals surface area contributed by atoms with E-state index in [0.717, 1.165) is 21.4 Å². The number of halogens is 2. The fraction of sp³-hybridized carbons (Fsp3) is 0.0952. The van der Waals surface area contributed by atoms with E-state index in [9.17, 15) is 9.50 Å². The van der Waals surface area contributed by atoms with Crippen LogP contribution in [0.25, 0.3) is 0 Å². The maximum atomic E-state index is 13.4. The van der Waals surface area contributed by atoms with Crippen LogP contribution in [0.3, 0.4) is 0 Å². The van der Waals surface area contributed by atoms with Gasteiger partial charge in [-0.3, -0.25) is 5.01 Å². The summed E-state index contributed by atoms with van der Waals surface area (Å²) in [6.45, 7) is 0. The average molecular weight is 411 g/mol. The Bertz CT molecular complexity index is 958. The van der Waals surface area contributed by atoms with Gasteiger partial charge in [0.05, 0.1) is 17.4 Å². The second-order valence-corrected chi connectivity index (χ2v) is 7.08. The number of phenolic OH excluding ortho intramolecular Hbond substituents is 1. The van der Waals surface area contributed by atoms with Gasteiger partial charge in [-0.1, -0.05) is 46.3 Å². The summed E-state index contributed by atoms with van der Waals surface area (Å²) >= 11 is 3.45. The van der Waals surface area contributed by atoms with Crippen LogP contribution in [-0.2, 0) is 0 Å². The smallest absolute Gasteiger partial charge is 0.124 e. The van der Waals surface area contributed by atoms with Crippen LogP contribution in [0.15, 0.2) is 82.4 Å². The molecule has 0 aliphatic carbocycles. The highest BCUT2D eigenvalue weighted by atomic mass is 79.9. The molecule has 5 heteroatoms. The molecule has 1 heterocycles. The van der Waals surface area contributed by atoms with E-state index in [2.05, 4.69) is 15.9 Å². The molecule has 0 spiro atoms. The summed E-state index contributed by atoms with van der Waals surface area (Å²) in [4.78, 5) is 0. The Morgan fingerprint density at radius 3 is 2.46 bits per heavy atom. The molecular weight excluding hydrogens is 395 g/mol. The van der Waals surface area contributed by atoms with Crippen LogP contribution in [0, 0.1) is 5.82 Å². The van der Waals surface area contributed by atoms with E-state index in [0.29, 0.717) is 12.0 Å². The highest BCUT2D eigenvalue weighted by molar-refractivity contribution is 9.10. The largest absolute Gasteiger partial charge is 0.507 e. The summed E-state index contributed by atoms with van der Waals surface area (Å²) in [7, 11) is 0. The van der Waals surface area contributed by atoms with Crippen molar-refractivity contribution in [2.24, 2.45) is 5.10 Å². The summed E-state index contributed by atoms with van der Waals surface area (Å²) in [6.07, 6.45) is 0.616. The summed E-state index contributed by atoms with van der Waals surface area (Å²) in [5, 5.41) is 17.0. The molecule has 1 aliphatic rings. The van der Waals surface area contributed by atoms with Crippen molar-refractivity contribution in [1.82, 2.24) is 0 Å². The van der Waals surface area contributed by atoms with Crippen molar-refractivity contribution >= 4 is 27.3 Å². The second-order valence-electron chi connectivity index (χ2n) is 6.16. The Labute approximate surface area is 159 Å². The van der Waals surface area contributed by atoms with Gasteiger partial charge in [-0.25, -0.2) is 4.39 Å². The molecule has 0 saturated carbocycles. The van der Waals surface area contributed by atoms with Crippen molar-refractivity contribution in [1.29, 1.82) is 0 Å². The number of hydrazone groups is 1. The number of benzene rings is 3. The zero-order valence-corrected chi connectivity index (χ0v) is 15.4. The van der Waals surface area contributed by atoms with Crippen molar-refractivity contribution in [3.8, 4) is 5.75 Å². The third-order valence-electron chi connectivity index (χ3n) is 4.46. The monoisotopic (exact) mass is 410 g/mol. The summed E-state index contributed by atoms with van der Waals surface area (Å²) in [5.41, 5.74) is 3.42. The molecule has 0 fully saturated rings.